The summed E-state index contributed by atoms with van der Waals surface area (Å²) in [5.41, 5.74) is 0.994. The Balaban J connectivity index is 1.44. The number of rotatable bonds is 7. The first-order valence-electron chi connectivity index (χ1n) is 11.7. The molecule has 2 aromatic carbocycles. The third kappa shape index (κ3) is 5.10. The van der Waals surface area contributed by atoms with Crippen molar-refractivity contribution in [2.75, 3.05) is 45.2 Å². The van der Waals surface area contributed by atoms with Crippen LogP contribution in [0.1, 0.15) is 32.1 Å². The van der Waals surface area contributed by atoms with Crippen LogP contribution in [0.25, 0.3) is 0 Å². The Kier molecular flexibility index (Phi) is 7.51. The largest absolute Gasteiger partial charge is 0.497 e. The maximum absolute atomic E-state index is 13.2. The molecule has 0 spiro atoms. The number of benzene rings is 2. The first-order valence-corrected chi connectivity index (χ1v) is 14.6. The van der Waals surface area contributed by atoms with Gasteiger partial charge in [-0.3, -0.25) is 0 Å². The molecular weight excluding hydrogens is 474 g/mol. The van der Waals surface area contributed by atoms with E-state index in [-0.39, 0.29) is 15.8 Å². The van der Waals surface area contributed by atoms with Crippen LogP contribution in [-0.4, -0.2) is 71.8 Å². The number of piperazine rings is 1. The van der Waals surface area contributed by atoms with Crippen molar-refractivity contribution in [2.45, 2.75) is 47.9 Å². The van der Waals surface area contributed by atoms with Crippen LogP contribution in [0.15, 0.2) is 58.3 Å². The number of sulfonamides is 2. The van der Waals surface area contributed by atoms with Gasteiger partial charge in [0.2, 0.25) is 20.0 Å². The lowest BCUT2D eigenvalue weighted by Gasteiger charge is -2.35. The van der Waals surface area contributed by atoms with Crippen LogP contribution in [0.2, 0.25) is 0 Å². The predicted octanol–water partition coefficient (Wildman–Crippen LogP) is 3.16. The Morgan fingerprint density at radius 2 is 1.47 bits per heavy atom. The summed E-state index contributed by atoms with van der Waals surface area (Å²) in [5.74, 6) is 0.761. The molecule has 0 bridgehead atoms. The molecule has 2 aliphatic rings. The van der Waals surface area contributed by atoms with E-state index in [0.29, 0.717) is 26.2 Å². The fraction of sp³-hybridized carbons (Fsp3) is 0.500. The molecule has 8 nitrogen and oxygen atoms in total. The lowest BCUT2D eigenvalue weighted by Crippen LogP contribution is -2.48. The summed E-state index contributed by atoms with van der Waals surface area (Å²) in [4.78, 5) is 2.37. The standard InChI is InChI=1S/C24H33N3O5S2/c1-25(20-7-4-3-5-8-20)33(28,29)23-11-13-24(14-12-23)34(30,31)27-17-15-26(16-18-27)21-9-6-10-22(19-21)32-2/h6,9-14,19-20H,3-5,7-8,15-18H2,1-2H3. The van der Waals surface area contributed by atoms with Gasteiger partial charge in [0.15, 0.2) is 0 Å². The average Bonchev–Trinajstić information content (AvgIpc) is 2.89. The topological polar surface area (TPSA) is 87.2 Å². The van der Waals surface area contributed by atoms with Gasteiger partial charge in [0.05, 0.1) is 16.9 Å². The molecule has 0 amide bonds. The Morgan fingerprint density at radius 1 is 0.853 bits per heavy atom. The van der Waals surface area contributed by atoms with Gasteiger partial charge in [0.1, 0.15) is 5.75 Å². The van der Waals surface area contributed by atoms with E-state index >= 15 is 0 Å². The fourth-order valence-electron chi connectivity index (χ4n) is 4.73. The molecule has 0 radical (unpaired) electrons. The summed E-state index contributed by atoms with van der Waals surface area (Å²) < 4.78 is 60.7. The summed E-state index contributed by atoms with van der Waals surface area (Å²) in [6.45, 7) is 1.82. The number of anilines is 1. The summed E-state index contributed by atoms with van der Waals surface area (Å²) >= 11 is 0. The molecule has 1 saturated carbocycles. The number of methoxy groups -OCH3 is 1. The zero-order chi connectivity index (χ0) is 24.3. The summed E-state index contributed by atoms with van der Waals surface area (Å²) in [7, 11) is -4.13. The molecule has 0 atom stereocenters. The maximum Gasteiger partial charge on any atom is 0.243 e. The molecule has 186 valence electrons. The molecule has 1 heterocycles. The van der Waals surface area contributed by atoms with E-state index in [1.165, 1.54) is 32.9 Å². The molecule has 1 aliphatic carbocycles. The average molecular weight is 508 g/mol. The second-order valence-corrected chi connectivity index (χ2v) is 12.8. The molecular formula is C24H33N3O5S2. The molecule has 0 unspecified atom stereocenters. The van der Waals surface area contributed by atoms with E-state index in [1.807, 2.05) is 24.3 Å². The number of ether oxygens (including phenoxy) is 1. The fourth-order valence-corrected chi connectivity index (χ4v) is 7.57. The van der Waals surface area contributed by atoms with Crippen LogP contribution in [0.3, 0.4) is 0 Å². The SMILES string of the molecule is COc1cccc(N2CCN(S(=O)(=O)c3ccc(S(=O)(=O)N(C)C4CCCCC4)cc3)CC2)c1. The minimum absolute atomic E-state index is 0.00281. The normalized spacial score (nSPS) is 18.9. The van der Waals surface area contributed by atoms with Gasteiger partial charge in [-0.05, 0) is 49.2 Å². The van der Waals surface area contributed by atoms with E-state index < -0.39 is 20.0 Å². The third-order valence-electron chi connectivity index (χ3n) is 6.88. The highest BCUT2D eigenvalue weighted by Gasteiger charge is 2.31. The zero-order valence-electron chi connectivity index (χ0n) is 19.8. The molecule has 10 heteroatoms. The van der Waals surface area contributed by atoms with E-state index in [9.17, 15) is 16.8 Å². The Labute approximate surface area is 203 Å². The van der Waals surface area contributed by atoms with Crippen LogP contribution in [0.4, 0.5) is 5.69 Å². The molecule has 2 aromatic rings. The number of hydrogen-bond acceptors (Lipinski definition) is 6. The van der Waals surface area contributed by atoms with Gasteiger partial charge in [-0.25, -0.2) is 16.8 Å². The lowest BCUT2D eigenvalue weighted by molar-refractivity contribution is 0.286. The monoisotopic (exact) mass is 507 g/mol. The number of hydrogen-bond donors (Lipinski definition) is 0. The second-order valence-electron chi connectivity index (χ2n) is 8.88. The van der Waals surface area contributed by atoms with Crippen molar-refractivity contribution in [1.29, 1.82) is 0 Å². The smallest absolute Gasteiger partial charge is 0.243 e. The highest BCUT2D eigenvalue weighted by Crippen LogP contribution is 2.28. The van der Waals surface area contributed by atoms with E-state index in [1.54, 1.807) is 14.2 Å². The summed E-state index contributed by atoms with van der Waals surface area (Å²) in [6, 6.07) is 13.4. The van der Waals surface area contributed by atoms with E-state index in [2.05, 4.69) is 4.90 Å². The molecule has 0 N–H and O–H groups in total. The Morgan fingerprint density at radius 3 is 2.09 bits per heavy atom. The molecule has 0 aromatic heterocycles. The minimum atomic E-state index is -3.71. The second kappa shape index (κ2) is 10.2. The first kappa shape index (κ1) is 25.0. The van der Waals surface area contributed by atoms with Crippen molar-refractivity contribution >= 4 is 25.7 Å². The highest BCUT2D eigenvalue weighted by atomic mass is 32.2. The van der Waals surface area contributed by atoms with Gasteiger partial charge in [-0.15, -0.1) is 0 Å². The first-order chi connectivity index (χ1) is 16.2. The van der Waals surface area contributed by atoms with Gasteiger partial charge in [0.25, 0.3) is 0 Å². The van der Waals surface area contributed by atoms with Crippen molar-refractivity contribution in [2.24, 2.45) is 0 Å². The van der Waals surface area contributed by atoms with Gasteiger partial charge < -0.3 is 9.64 Å². The van der Waals surface area contributed by atoms with Crippen LogP contribution in [0.5, 0.6) is 5.75 Å². The van der Waals surface area contributed by atoms with Gasteiger partial charge >= 0.3 is 0 Å². The lowest BCUT2D eigenvalue weighted by atomic mass is 9.96. The van der Waals surface area contributed by atoms with Gasteiger partial charge in [0, 0.05) is 51.0 Å². The van der Waals surface area contributed by atoms with Crippen LogP contribution < -0.4 is 9.64 Å². The van der Waals surface area contributed by atoms with Crippen molar-refractivity contribution in [3.05, 3.63) is 48.5 Å². The Bertz CT molecular complexity index is 1190. The van der Waals surface area contributed by atoms with Crippen molar-refractivity contribution in [1.82, 2.24) is 8.61 Å². The van der Waals surface area contributed by atoms with Crippen molar-refractivity contribution in [3.63, 3.8) is 0 Å². The van der Waals surface area contributed by atoms with E-state index in [0.717, 1.165) is 43.5 Å². The minimum Gasteiger partial charge on any atom is -0.497 e. The maximum atomic E-state index is 13.2. The van der Waals surface area contributed by atoms with Crippen LogP contribution in [0, 0.1) is 0 Å². The molecule has 2 fully saturated rings. The van der Waals surface area contributed by atoms with Crippen LogP contribution in [-0.2, 0) is 20.0 Å². The molecule has 4 rings (SSSR count). The number of nitrogens with zero attached hydrogens (tertiary/aromatic N) is 3. The zero-order valence-corrected chi connectivity index (χ0v) is 21.4. The molecule has 34 heavy (non-hydrogen) atoms. The molecule has 1 aliphatic heterocycles. The Hall–Kier alpha value is -2.14. The molecule has 1 saturated heterocycles. The van der Waals surface area contributed by atoms with Gasteiger partial charge in [-0.2, -0.15) is 8.61 Å². The third-order valence-corrected chi connectivity index (χ3v) is 10.7. The summed E-state index contributed by atoms with van der Waals surface area (Å²) in [6.07, 6.45) is 4.94. The van der Waals surface area contributed by atoms with E-state index in [4.69, 9.17) is 4.74 Å². The van der Waals surface area contributed by atoms with Gasteiger partial charge in [-0.1, -0.05) is 25.3 Å². The quantitative estimate of drug-likeness (QED) is 0.572. The highest BCUT2D eigenvalue weighted by molar-refractivity contribution is 7.89. The van der Waals surface area contributed by atoms with Crippen LogP contribution >= 0.6 is 0 Å². The van der Waals surface area contributed by atoms with Crippen molar-refractivity contribution < 1.29 is 21.6 Å². The summed E-state index contributed by atoms with van der Waals surface area (Å²) in [5, 5.41) is 0. The van der Waals surface area contributed by atoms with Crippen molar-refractivity contribution in [3.8, 4) is 5.75 Å². The predicted molar refractivity (Wildman–Crippen MR) is 132 cm³/mol.